The van der Waals surface area contributed by atoms with Crippen LogP contribution in [0.15, 0.2) is 11.3 Å². The van der Waals surface area contributed by atoms with Crippen molar-refractivity contribution < 1.29 is 0 Å². The number of aromatic nitrogens is 1. The fraction of sp³-hybridized carbons (Fsp3) is 0.200. The van der Waals surface area contributed by atoms with Crippen molar-refractivity contribution in [1.29, 1.82) is 0 Å². The third-order valence-corrected chi connectivity index (χ3v) is 2.04. The van der Waals surface area contributed by atoms with Gasteiger partial charge in [0.25, 0.3) is 0 Å². The molecule has 0 saturated heterocycles. The van der Waals surface area contributed by atoms with Crippen LogP contribution >= 0.6 is 11.3 Å². The molecule has 0 aliphatic rings. The zero-order chi connectivity index (χ0) is 8.27. The van der Waals surface area contributed by atoms with Crippen LogP contribution in [0, 0.1) is 6.92 Å². The molecule has 5 N–H and O–H groups in total. The Hall–Kier alpha value is -1.14. The molecule has 60 valence electrons. The first-order chi connectivity index (χ1) is 5.27. The Morgan fingerprint density at radius 3 is 2.91 bits per heavy atom. The lowest BCUT2D eigenvalue weighted by atomic mass is 10.5. The van der Waals surface area contributed by atoms with Gasteiger partial charge in [-0.05, 0) is 6.92 Å². The second-order valence-electron chi connectivity index (χ2n) is 1.87. The fourth-order valence-corrected chi connectivity index (χ4v) is 1.38. The Kier molecular flexibility index (Phi) is 2.40. The molecule has 0 spiro atoms. The average molecular weight is 171 g/mol. The maximum atomic E-state index is 5.14. The number of nitrogens with zero attached hydrogens (tertiary/aromatic N) is 2. The van der Waals surface area contributed by atoms with Crippen LogP contribution in [-0.2, 0) is 0 Å². The lowest BCUT2D eigenvalue weighted by Crippen LogP contribution is -2.31. The van der Waals surface area contributed by atoms with Gasteiger partial charge in [0.15, 0.2) is 5.84 Å². The van der Waals surface area contributed by atoms with E-state index in [0.29, 0.717) is 5.84 Å². The number of amidine groups is 1. The zero-order valence-corrected chi connectivity index (χ0v) is 6.85. The second kappa shape index (κ2) is 3.31. The van der Waals surface area contributed by atoms with Crippen molar-refractivity contribution in [3.05, 3.63) is 16.1 Å². The minimum Gasteiger partial charge on any atom is -0.321 e. The van der Waals surface area contributed by atoms with Crippen LogP contribution in [-0.4, -0.2) is 10.8 Å². The number of hydrogen-bond donors (Lipinski definition) is 3. The Balaban J connectivity index is 2.91. The van der Waals surface area contributed by atoms with Crippen molar-refractivity contribution in [2.75, 3.05) is 0 Å². The van der Waals surface area contributed by atoms with Gasteiger partial charge in [0.2, 0.25) is 0 Å². The standard InChI is InChI=1S/C5H9N5S/c1-3-8-2-4(11-3)5(9-6)10-7/h2H,6-7H2,1H3,(H,9,10). The molecular weight excluding hydrogens is 162 g/mol. The molecule has 1 aromatic heterocycles. The Morgan fingerprint density at radius 2 is 2.55 bits per heavy atom. The van der Waals surface area contributed by atoms with Crippen LogP contribution in [0.4, 0.5) is 0 Å². The van der Waals surface area contributed by atoms with E-state index in [9.17, 15) is 0 Å². The summed E-state index contributed by atoms with van der Waals surface area (Å²) in [4.78, 5) is 4.86. The van der Waals surface area contributed by atoms with E-state index in [4.69, 9.17) is 11.7 Å². The van der Waals surface area contributed by atoms with Crippen molar-refractivity contribution in [2.24, 2.45) is 16.8 Å². The summed E-state index contributed by atoms with van der Waals surface area (Å²) in [6.07, 6.45) is 1.67. The summed E-state index contributed by atoms with van der Waals surface area (Å²) in [5.41, 5.74) is 2.38. The van der Waals surface area contributed by atoms with Gasteiger partial charge in [-0.15, -0.1) is 11.3 Å². The molecule has 0 aliphatic carbocycles. The topological polar surface area (TPSA) is 89.3 Å². The van der Waals surface area contributed by atoms with E-state index >= 15 is 0 Å². The highest BCUT2D eigenvalue weighted by atomic mass is 32.1. The molecule has 0 unspecified atom stereocenters. The predicted octanol–water partition coefficient (Wildman–Crippen LogP) is -0.465. The quantitative estimate of drug-likeness (QED) is 0.231. The van der Waals surface area contributed by atoms with Gasteiger partial charge in [0.1, 0.15) is 0 Å². The number of rotatable bonds is 1. The molecule has 0 fully saturated rings. The molecule has 1 aromatic rings. The molecule has 0 amide bonds. The summed E-state index contributed by atoms with van der Waals surface area (Å²) >= 11 is 1.48. The molecular formula is C5H9N5S. The van der Waals surface area contributed by atoms with E-state index in [1.165, 1.54) is 11.3 Å². The molecule has 0 aliphatic heterocycles. The highest BCUT2D eigenvalue weighted by Crippen LogP contribution is 2.10. The lowest BCUT2D eigenvalue weighted by molar-refractivity contribution is 1.01. The minimum absolute atomic E-state index is 0.454. The zero-order valence-electron chi connectivity index (χ0n) is 6.03. The van der Waals surface area contributed by atoms with Gasteiger partial charge >= 0.3 is 0 Å². The van der Waals surface area contributed by atoms with Crippen LogP contribution in [0.3, 0.4) is 0 Å². The number of thiazole rings is 1. The van der Waals surface area contributed by atoms with Gasteiger partial charge in [-0.3, -0.25) is 0 Å². The normalized spacial score (nSPS) is 11.6. The summed E-state index contributed by atoms with van der Waals surface area (Å²) < 4.78 is 0. The third kappa shape index (κ3) is 1.66. The molecule has 0 radical (unpaired) electrons. The number of hydrazine groups is 1. The monoisotopic (exact) mass is 171 g/mol. The number of hydrazone groups is 1. The van der Waals surface area contributed by atoms with Gasteiger partial charge in [-0.25, -0.2) is 10.8 Å². The van der Waals surface area contributed by atoms with Crippen molar-refractivity contribution in [2.45, 2.75) is 6.92 Å². The fourth-order valence-electron chi connectivity index (χ4n) is 0.643. The minimum atomic E-state index is 0.454. The van der Waals surface area contributed by atoms with Gasteiger partial charge in [-0.2, -0.15) is 5.10 Å². The highest BCUT2D eigenvalue weighted by molar-refractivity contribution is 7.13. The van der Waals surface area contributed by atoms with E-state index in [0.717, 1.165) is 9.88 Å². The molecule has 1 heterocycles. The molecule has 0 bridgehead atoms. The third-order valence-electron chi connectivity index (χ3n) is 1.12. The van der Waals surface area contributed by atoms with Crippen LogP contribution < -0.4 is 17.1 Å². The van der Waals surface area contributed by atoms with E-state index in [1.54, 1.807) is 6.20 Å². The number of aryl methyl sites for hydroxylation is 1. The number of nitrogens with one attached hydrogen (secondary N) is 1. The molecule has 0 atom stereocenters. The largest absolute Gasteiger partial charge is 0.321 e. The average Bonchev–Trinajstić information content (AvgIpc) is 2.39. The first kappa shape index (κ1) is 7.96. The maximum absolute atomic E-state index is 5.14. The summed E-state index contributed by atoms with van der Waals surface area (Å²) in [6, 6.07) is 0. The molecule has 0 aromatic carbocycles. The molecule has 1 rings (SSSR count). The summed E-state index contributed by atoms with van der Waals surface area (Å²) in [5, 5.41) is 4.40. The van der Waals surface area contributed by atoms with Crippen LogP contribution in [0.1, 0.15) is 9.88 Å². The summed E-state index contributed by atoms with van der Waals surface area (Å²) in [5.74, 6) is 10.6. The van der Waals surface area contributed by atoms with Crippen molar-refractivity contribution in [3.8, 4) is 0 Å². The van der Waals surface area contributed by atoms with Gasteiger partial charge in [-0.1, -0.05) is 0 Å². The Bertz CT molecular complexity index is 266. The molecule has 11 heavy (non-hydrogen) atoms. The smallest absolute Gasteiger partial charge is 0.178 e. The number of hydrogen-bond acceptors (Lipinski definition) is 5. The molecule has 0 saturated carbocycles. The van der Waals surface area contributed by atoms with Gasteiger partial charge < -0.3 is 11.3 Å². The lowest BCUT2D eigenvalue weighted by Gasteiger charge is -1.97. The highest BCUT2D eigenvalue weighted by Gasteiger charge is 2.03. The van der Waals surface area contributed by atoms with Crippen LogP contribution in [0.2, 0.25) is 0 Å². The van der Waals surface area contributed by atoms with E-state index in [-0.39, 0.29) is 0 Å². The SMILES string of the molecule is Cc1ncc(/C(=N/N)NN)s1. The van der Waals surface area contributed by atoms with Crippen molar-refractivity contribution in [1.82, 2.24) is 10.4 Å². The summed E-state index contributed by atoms with van der Waals surface area (Å²) in [7, 11) is 0. The Labute approximate surface area is 68.1 Å². The van der Waals surface area contributed by atoms with Gasteiger partial charge in [0.05, 0.1) is 9.88 Å². The Morgan fingerprint density at radius 1 is 1.82 bits per heavy atom. The van der Waals surface area contributed by atoms with Crippen molar-refractivity contribution in [3.63, 3.8) is 0 Å². The van der Waals surface area contributed by atoms with Crippen molar-refractivity contribution >= 4 is 17.2 Å². The predicted molar refractivity (Wildman–Crippen MR) is 44.9 cm³/mol. The number of nitrogens with two attached hydrogens (primary N) is 2. The first-order valence-corrected chi connectivity index (χ1v) is 3.77. The van der Waals surface area contributed by atoms with E-state index in [1.807, 2.05) is 6.92 Å². The van der Waals surface area contributed by atoms with E-state index in [2.05, 4.69) is 15.5 Å². The molecule has 5 nitrogen and oxygen atoms in total. The second-order valence-corrected chi connectivity index (χ2v) is 3.10. The van der Waals surface area contributed by atoms with Gasteiger partial charge in [0, 0.05) is 6.20 Å². The maximum Gasteiger partial charge on any atom is 0.178 e. The van der Waals surface area contributed by atoms with Crippen LogP contribution in [0.5, 0.6) is 0 Å². The van der Waals surface area contributed by atoms with E-state index < -0.39 is 0 Å². The summed E-state index contributed by atoms with van der Waals surface area (Å²) in [6.45, 7) is 1.90. The van der Waals surface area contributed by atoms with Crippen LogP contribution in [0.25, 0.3) is 0 Å². The first-order valence-electron chi connectivity index (χ1n) is 2.95. The molecule has 6 heteroatoms.